The summed E-state index contributed by atoms with van der Waals surface area (Å²) in [5, 5.41) is 15.0. The molecule has 2 aromatic rings. The molecule has 0 bridgehead atoms. The van der Waals surface area contributed by atoms with Gasteiger partial charge in [-0.1, -0.05) is 43.0 Å². The SMILES string of the molecule is C=C(F)/C(=C\C=C(/C)C(=O)O)C(C)NC(=O)c1c(Cc2ccc(C(F)F)cc2)nn(C)c1C(F)(F)F. The van der Waals surface area contributed by atoms with Crippen molar-refractivity contribution in [1.29, 1.82) is 0 Å². The van der Waals surface area contributed by atoms with Gasteiger partial charge in [0.2, 0.25) is 0 Å². The molecule has 1 unspecified atom stereocenters. The van der Waals surface area contributed by atoms with Crippen LogP contribution in [0.25, 0.3) is 0 Å². The Balaban J connectivity index is 2.47. The summed E-state index contributed by atoms with van der Waals surface area (Å²) in [4.78, 5) is 24.0. The van der Waals surface area contributed by atoms with Crippen molar-refractivity contribution in [3.8, 4) is 0 Å². The molecular weight excluding hydrogens is 492 g/mol. The Bertz CT molecular complexity index is 1210. The number of carbonyl (C=O) groups is 2. The van der Waals surface area contributed by atoms with Crippen LogP contribution in [0.4, 0.5) is 26.3 Å². The van der Waals surface area contributed by atoms with Gasteiger partial charge in [0, 0.05) is 30.2 Å². The zero-order chi connectivity index (χ0) is 27.4. The number of aryl methyl sites for hydroxylation is 1. The fraction of sp³-hybridized carbons (Fsp3) is 0.292. The highest BCUT2D eigenvalue weighted by atomic mass is 19.4. The van der Waals surface area contributed by atoms with Crippen molar-refractivity contribution in [2.75, 3.05) is 0 Å². The van der Waals surface area contributed by atoms with Crippen molar-refractivity contribution in [1.82, 2.24) is 15.1 Å². The topological polar surface area (TPSA) is 84.2 Å². The van der Waals surface area contributed by atoms with Gasteiger partial charge in [-0.3, -0.25) is 9.48 Å². The first kappa shape index (κ1) is 28.4. The number of amides is 1. The normalized spacial score (nSPS) is 13.6. The highest BCUT2D eigenvalue weighted by molar-refractivity contribution is 5.97. The lowest BCUT2D eigenvalue weighted by Crippen LogP contribution is -2.36. The Labute approximate surface area is 202 Å². The molecule has 0 radical (unpaired) electrons. The van der Waals surface area contributed by atoms with Crippen molar-refractivity contribution in [3.05, 3.63) is 88.0 Å². The van der Waals surface area contributed by atoms with Crippen LogP contribution in [-0.2, 0) is 24.4 Å². The Morgan fingerprint density at radius 3 is 2.25 bits per heavy atom. The van der Waals surface area contributed by atoms with Crippen LogP contribution in [0.2, 0.25) is 0 Å². The third-order valence-electron chi connectivity index (χ3n) is 5.20. The van der Waals surface area contributed by atoms with E-state index in [1.807, 2.05) is 0 Å². The number of allylic oxidation sites excluding steroid dienone is 2. The summed E-state index contributed by atoms with van der Waals surface area (Å²) in [6.07, 6.45) is -5.86. The lowest BCUT2D eigenvalue weighted by Gasteiger charge is -2.17. The summed E-state index contributed by atoms with van der Waals surface area (Å²) >= 11 is 0. The number of nitrogens with zero attached hydrogens (tertiary/aromatic N) is 2. The second-order valence-electron chi connectivity index (χ2n) is 7.89. The molecule has 0 saturated heterocycles. The van der Waals surface area contributed by atoms with Crippen LogP contribution in [-0.4, -0.2) is 32.8 Å². The Hall–Kier alpha value is -3.83. The number of halogens is 6. The van der Waals surface area contributed by atoms with E-state index in [2.05, 4.69) is 17.0 Å². The lowest BCUT2D eigenvalue weighted by atomic mass is 10.0. The maximum Gasteiger partial charge on any atom is 0.433 e. The number of alkyl halides is 5. The van der Waals surface area contributed by atoms with E-state index in [1.54, 1.807) is 0 Å². The van der Waals surface area contributed by atoms with Gasteiger partial charge in [0.25, 0.3) is 12.3 Å². The maximum atomic E-state index is 14.0. The summed E-state index contributed by atoms with van der Waals surface area (Å²) in [5.74, 6) is -3.52. The van der Waals surface area contributed by atoms with Gasteiger partial charge in [0.15, 0.2) is 5.69 Å². The lowest BCUT2D eigenvalue weighted by molar-refractivity contribution is -0.144. The molecule has 2 rings (SSSR count). The van der Waals surface area contributed by atoms with Gasteiger partial charge in [-0.15, -0.1) is 0 Å². The highest BCUT2D eigenvalue weighted by Crippen LogP contribution is 2.34. The molecule has 12 heteroatoms. The number of rotatable bonds is 9. The molecular formula is C24H23F6N3O3. The monoisotopic (exact) mass is 515 g/mol. The van der Waals surface area contributed by atoms with Gasteiger partial charge < -0.3 is 10.4 Å². The van der Waals surface area contributed by atoms with Crippen LogP contribution in [0.15, 0.2) is 60.0 Å². The van der Waals surface area contributed by atoms with Gasteiger partial charge in [0.1, 0.15) is 5.83 Å². The first-order valence-corrected chi connectivity index (χ1v) is 10.4. The number of aliphatic carboxylic acids is 1. The molecule has 36 heavy (non-hydrogen) atoms. The van der Waals surface area contributed by atoms with E-state index in [1.165, 1.54) is 26.0 Å². The molecule has 0 spiro atoms. The van der Waals surface area contributed by atoms with Crippen LogP contribution in [0.1, 0.15) is 53.1 Å². The Kier molecular flexibility index (Phi) is 8.89. The fourth-order valence-electron chi connectivity index (χ4n) is 3.34. The molecule has 1 atom stereocenters. The second-order valence-corrected chi connectivity index (χ2v) is 7.89. The molecule has 2 N–H and O–H groups in total. The maximum absolute atomic E-state index is 14.0. The van der Waals surface area contributed by atoms with Gasteiger partial charge in [-0.05, 0) is 19.4 Å². The number of nitrogens with one attached hydrogen (secondary N) is 1. The standard InChI is InChI=1S/C24H23F6N3O3/c1-12(23(35)36)5-10-17(13(2)25)14(3)31-22(34)19-18(32-33(4)20(19)24(28,29)30)11-15-6-8-16(9-7-15)21(26)27/h5-10,14,21H,2,11H2,1,3-4H3,(H,31,34)(H,35,36)/b12-5+,17-10+. The van der Waals surface area contributed by atoms with E-state index < -0.39 is 47.6 Å². The van der Waals surface area contributed by atoms with Crippen LogP contribution in [0.5, 0.6) is 0 Å². The predicted octanol–water partition coefficient (Wildman–Crippen LogP) is 5.53. The molecule has 6 nitrogen and oxygen atoms in total. The average molecular weight is 515 g/mol. The summed E-state index contributed by atoms with van der Waals surface area (Å²) in [6, 6.07) is 3.61. The number of benzene rings is 1. The van der Waals surface area contributed by atoms with Crippen molar-refractivity contribution in [2.24, 2.45) is 7.05 Å². The third-order valence-corrected chi connectivity index (χ3v) is 5.20. The van der Waals surface area contributed by atoms with Crippen LogP contribution < -0.4 is 5.32 Å². The summed E-state index contributed by atoms with van der Waals surface area (Å²) < 4.78 is 81.5. The van der Waals surface area contributed by atoms with E-state index in [9.17, 15) is 35.9 Å². The van der Waals surface area contributed by atoms with Crippen LogP contribution in [0, 0.1) is 0 Å². The zero-order valence-electron chi connectivity index (χ0n) is 19.5. The number of carboxylic acids is 1. The molecule has 0 aliphatic rings. The van der Waals surface area contributed by atoms with Crippen molar-refractivity contribution < 1.29 is 41.0 Å². The minimum absolute atomic E-state index is 0.154. The minimum Gasteiger partial charge on any atom is -0.478 e. The molecule has 194 valence electrons. The van der Waals surface area contributed by atoms with Gasteiger partial charge in [-0.25, -0.2) is 18.0 Å². The summed E-state index contributed by atoms with van der Waals surface area (Å²) in [7, 11) is 1.00. The van der Waals surface area contributed by atoms with Crippen molar-refractivity contribution in [3.63, 3.8) is 0 Å². The quantitative estimate of drug-likeness (QED) is 0.262. The van der Waals surface area contributed by atoms with E-state index >= 15 is 0 Å². The fourth-order valence-corrected chi connectivity index (χ4v) is 3.34. The number of carbonyl (C=O) groups excluding carboxylic acids is 1. The van der Waals surface area contributed by atoms with Crippen LogP contribution >= 0.6 is 0 Å². The third kappa shape index (κ3) is 6.86. The zero-order valence-corrected chi connectivity index (χ0v) is 19.5. The molecule has 1 aromatic carbocycles. The smallest absolute Gasteiger partial charge is 0.433 e. The van der Waals surface area contributed by atoms with Gasteiger partial charge in [-0.2, -0.15) is 18.3 Å². The second kappa shape index (κ2) is 11.3. The molecule has 0 fully saturated rings. The number of aromatic nitrogens is 2. The molecule has 0 aliphatic carbocycles. The van der Waals surface area contributed by atoms with Crippen molar-refractivity contribution >= 4 is 11.9 Å². The van der Waals surface area contributed by atoms with Gasteiger partial charge in [0.05, 0.1) is 17.3 Å². The Morgan fingerprint density at radius 2 is 1.78 bits per heavy atom. The molecule has 1 amide bonds. The molecule has 1 heterocycles. The molecule has 0 aliphatic heterocycles. The minimum atomic E-state index is -4.97. The van der Waals surface area contributed by atoms with E-state index in [-0.39, 0.29) is 28.8 Å². The first-order chi connectivity index (χ1) is 16.6. The predicted molar refractivity (Wildman–Crippen MR) is 119 cm³/mol. The molecule has 0 saturated carbocycles. The van der Waals surface area contributed by atoms with E-state index in [4.69, 9.17) is 5.11 Å². The Morgan fingerprint density at radius 1 is 1.19 bits per heavy atom. The average Bonchev–Trinajstić information content (AvgIpc) is 3.09. The molecule has 1 aromatic heterocycles. The number of carboxylic acid groups (broad SMARTS) is 1. The highest BCUT2D eigenvalue weighted by Gasteiger charge is 2.41. The number of hydrogen-bond donors (Lipinski definition) is 2. The summed E-state index contributed by atoms with van der Waals surface area (Å²) in [6.45, 7) is 5.64. The van der Waals surface area contributed by atoms with Gasteiger partial charge >= 0.3 is 12.1 Å². The van der Waals surface area contributed by atoms with E-state index in [0.717, 1.165) is 31.3 Å². The first-order valence-electron chi connectivity index (χ1n) is 10.4. The largest absolute Gasteiger partial charge is 0.478 e. The van der Waals surface area contributed by atoms with E-state index in [0.29, 0.717) is 10.2 Å². The van der Waals surface area contributed by atoms with Crippen molar-refractivity contribution in [2.45, 2.75) is 38.9 Å². The number of hydrogen-bond acceptors (Lipinski definition) is 3. The van der Waals surface area contributed by atoms with Crippen LogP contribution in [0.3, 0.4) is 0 Å². The summed E-state index contributed by atoms with van der Waals surface area (Å²) in [5.41, 5.74) is -2.79.